The van der Waals surface area contributed by atoms with E-state index in [2.05, 4.69) is 10.4 Å². The van der Waals surface area contributed by atoms with Gasteiger partial charge in [-0.15, -0.1) is 0 Å². The Hall–Kier alpha value is -2.34. The third-order valence-corrected chi connectivity index (χ3v) is 2.62. The molecule has 6 heteroatoms. The minimum absolute atomic E-state index is 0.246. The maximum Gasteiger partial charge on any atom is 0.257 e. The fourth-order valence-electron chi connectivity index (χ4n) is 1.64. The summed E-state index contributed by atoms with van der Waals surface area (Å²) in [5, 5.41) is 6.87. The lowest BCUT2D eigenvalue weighted by Gasteiger charge is -2.05. The van der Waals surface area contributed by atoms with E-state index in [1.54, 1.807) is 48.5 Å². The van der Waals surface area contributed by atoms with Crippen molar-refractivity contribution >= 4 is 17.3 Å². The Kier molecular flexibility index (Phi) is 4.15. The van der Waals surface area contributed by atoms with Gasteiger partial charge in [0.2, 0.25) is 0 Å². The third-order valence-electron chi connectivity index (χ3n) is 2.62. The summed E-state index contributed by atoms with van der Waals surface area (Å²) in [7, 11) is 1.63. The van der Waals surface area contributed by atoms with Crippen LogP contribution in [-0.2, 0) is 11.3 Å². The molecule has 1 amide bonds. The Morgan fingerprint density at radius 3 is 3.00 bits per heavy atom. The summed E-state index contributed by atoms with van der Waals surface area (Å²) in [6, 6.07) is 6.93. The number of amides is 1. The van der Waals surface area contributed by atoms with Crippen LogP contribution in [0.15, 0.2) is 36.7 Å². The molecule has 1 heterocycles. The molecule has 0 bridgehead atoms. The first-order valence-electron chi connectivity index (χ1n) is 5.88. The van der Waals surface area contributed by atoms with Crippen LogP contribution in [0.25, 0.3) is 0 Å². The molecule has 1 aromatic carbocycles. The summed E-state index contributed by atoms with van der Waals surface area (Å²) in [5.74, 6) is -0.246. The lowest BCUT2D eigenvalue weighted by atomic mass is 10.1. The molecule has 3 N–H and O–H groups in total. The molecular formula is C13H16N4O2. The minimum Gasteiger partial charge on any atom is -0.398 e. The summed E-state index contributed by atoms with van der Waals surface area (Å²) in [5.41, 5.74) is 7.28. The molecule has 0 unspecified atom stereocenters. The number of hydrogen-bond donors (Lipinski definition) is 2. The predicted octanol–water partition coefficient (Wildman–Crippen LogP) is 1.36. The molecule has 0 fully saturated rings. The van der Waals surface area contributed by atoms with E-state index in [9.17, 15) is 4.79 Å². The van der Waals surface area contributed by atoms with Gasteiger partial charge in [-0.05, 0) is 12.1 Å². The number of hydrogen-bond acceptors (Lipinski definition) is 4. The SMILES string of the molecule is COCCn1cc(NC(=O)c2ccccc2N)cn1. The van der Waals surface area contributed by atoms with Crippen molar-refractivity contribution in [3.63, 3.8) is 0 Å². The standard InChI is InChI=1S/C13H16N4O2/c1-19-7-6-17-9-10(8-15-17)16-13(18)11-4-2-3-5-12(11)14/h2-5,8-9H,6-7,14H2,1H3,(H,16,18). The van der Waals surface area contributed by atoms with E-state index in [-0.39, 0.29) is 5.91 Å². The van der Waals surface area contributed by atoms with Crippen molar-refractivity contribution in [1.82, 2.24) is 9.78 Å². The fourth-order valence-corrected chi connectivity index (χ4v) is 1.64. The van der Waals surface area contributed by atoms with Crippen molar-refractivity contribution in [3.8, 4) is 0 Å². The van der Waals surface area contributed by atoms with Gasteiger partial charge in [0.25, 0.3) is 5.91 Å². The van der Waals surface area contributed by atoms with Crippen LogP contribution in [0.4, 0.5) is 11.4 Å². The van der Waals surface area contributed by atoms with E-state index in [0.29, 0.717) is 30.1 Å². The van der Waals surface area contributed by atoms with E-state index < -0.39 is 0 Å². The van der Waals surface area contributed by atoms with E-state index in [0.717, 1.165) is 0 Å². The van der Waals surface area contributed by atoms with Crippen molar-refractivity contribution in [2.24, 2.45) is 0 Å². The normalized spacial score (nSPS) is 10.4. The summed E-state index contributed by atoms with van der Waals surface area (Å²) in [4.78, 5) is 12.0. The second-order valence-electron chi connectivity index (χ2n) is 4.03. The summed E-state index contributed by atoms with van der Waals surface area (Å²) < 4.78 is 6.66. The van der Waals surface area contributed by atoms with Crippen LogP contribution < -0.4 is 11.1 Å². The van der Waals surface area contributed by atoms with Gasteiger partial charge in [0, 0.05) is 19.0 Å². The largest absolute Gasteiger partial charge is 0.398 e. The van der Waals surface area contributed by atoms with E-state index in [1.807, 2.05) is 0 Å². The van der Waals surface area contributed by atoms with Gasteiger partial charge in [0.05, 0.1) is 30.6 Å². The van der Waals surface area contributed by atoms with E-state index >= 15 is 0 Å². The number of anilines is 2. The quantitative estimate of drug-likeness (QED) is 0.795. The molecule has 2 rings (SSSR count). The van der Waals surface area contributed by atoms with Crippen molar-refractivity contribution in [2.75, 3.05) is 24.8 Å². The molecule has 6 nitrogen and oxygen atoms in total. The van der Waals surface area contributed by atoms with Gasteiger partial charge in [-0.1, -0.05) is 12.1 Å². The zero-order valence-corrected chi connectivity index (χ0v) is 10.7. The second kappa shape index (κ2) is 6.01. The number of carbonyl (C=O) groups is 1. The monoisotopic (exact) mass is 260 g/mol. The number of nitrogen functional groups attached to an aromatic ring is 1. The number of para-hydroxylation sites is 1. The second-order valence-corrected chi connectivity index (χ2v) is 4.03. The van der Waals surface area contributed by atoms with Gasteiger partial charge in [-0.25, -0.2) is 0 Å². The molecule has 0 aliphatic heterocycles. The number of ether oxygens (including phenoxy) is 1. The highest BCUT2D eigenvalue weighted by atomic mass is 16.5. The van der Waals surface area contributed by atoms with Gasteiger partial charge >= 0.3 is 0 Å². The van der Waals surface area contributed by atoms with Crippen molar-refractivity contribution < 1.29 is 9.53 Å². The molecule has 0 saturated carbocycles. The van der Waals surface area contributed by atoms with Crippen LogP contribution in [0.1, 0.15) is 10.4 Å². The van der Waals surface area contributed by atoms with Gasteiger partial charge in [-0.3, -0.25) is 9.48 Å². The van der Waals surface area contributed by atoms with Crippen molar-refractivity contribution in [3.05, 3.63) is 42.2 Å². The number of nitrogens with one attached hydrogen (secondary N) is 1. The summed E-state index contributed by atoms with van der Waals surface area (Å²) in [6.45, 7) is 1.21. The Balaban J connectivity index is 2.03. The molecule has 0 aliphatic carbocycles. The van der Waals surface area contributed by atoms with Gasteiger partial charge in [-0.2, -0.15) is 5.10 Å². The molecule has 2 aromatic rings. The number of nitrogens with two attached hydrogens (primary N) is 1. The summed E-state index contributed by atoms with van der Waals surface area (Å²) in [6.07, 6.45) is 3.34. The highest BCUT2D eigenvalue weighted by Gasteiger charge is 2.10. The Morgan fingerprint density at radius 2 is 2.26 bits per heavy atom. The molecule has 0 aliphatic rings. The first-order valence-corrected chi connectivity index (χ1v) is 5.88. The van der Waals surface area contributed by atoms with Crippen LogP contribution in [0.3, 0.4) is 0 Å². The molecule has 1 aromatic heterocycles. The molecule has 19 heavy (non-hydrogen) atoms. The number of benzene rings is 1. The smallest absolute Gasteiger partial charge is 0.257 e. The summed E-state index contributed by atoms with van der Waals surface area (Å²) >= 11 is 0. The lowest BCUT2D eigenvalue weighted by molar-refractivity contribution is 0.102. The Labute approximate surface area is 111 Å². The van der Waals surface area contributed by atoms with Gasteiger partial charge in [0.15, 0.2) is 0 Å². The first-order chi connectivity index (χ1) is 9.20. The van der Waals surface area contributed by atoms with Crippen LogP contribution >= 0.6 is 0 Å². The molecule has 100 valence electrons. The fraction of sp³-hybridized carbons (Fsp3) is 0.231. The van der Waals surface area contributed by atoms with Gasteiger partial charge < -0.3 is 15.8 Å². The lowest BCUT2D eigenvalue weighted by Crippen LogP contribution is -2.13. The Bertz CT molecular complexity index is 565. The molecule has 0 spiro atoms. The highest BCUT2D eigenvalue weighted by Crippen LogP contribution is 2.13. The van der Waals surface area contributed by atoms with Crippen LogP contribution in [0, 0.1) is 0 Å². The van der Waals surface area contributed by atoms with E-state index in [4.69, 9.17) is 10.5 Å². The van der Waals surface area contributed by atoms with Crippen LogP contribution in [-0.4, -0.2) is 29.4 Å². The zero-order chi connectivity index (χ0) is 13.7. The van der Waals surface area contributed by atoms with Crippen LogP contribution in [0.5, 0.6) is 0 Å². The van der Waals surface area contributed by atoms with E-state index in [1.165, 1.54) is 0 Å². The molecular weight excluding hydrogens is 244 g/mol. The minimum atomic E-state index is -0.246. The zero-order valence-electron chi connectivity index (χ0n) is 10.7. The molecule has 0 saturated heterocycles. The number of carbonyl (C=O) groups excluding carboxylic acids is 1. The maximum absolute atomic E-state index is 12.0. The maximum atomic E-state index is 12.0. The average molecular weight is 260 g/mol. The van der Waals surface area contributed by atoms with Crippen molar-refractivity contribution in [1.29, 1.82) is 0 Å². The average Bonchev–Trinajstić information content (AvgIpc) is 2.84. The van der Waals surface area contributed by atoms with Crippen LogP contribution in [0.2, 0.25) is 0 Å². The molecule has 0 radical (unpaired) electrons. The third kappa shape index (κ3) is 3.32. The Morgan fingerprint density at radius 1 is 1.47 bits per heavy atom. The highest BCUT2D eigenvalue weighted by molar-refractivity contribution is 6.07. The molecule has 0 atom stereocenters. The first kappa shape index (κ1) is 13.1. The predicted molar refractivity (Wildman–Crippen MR) is 72.9 cm³/mol. The number of rotatable bonds is 5. The number of methoxy groups -OCH3 is 1. The number of nitrogens with zero attached hydrogens (tertiary/aromatic N) is 2. The number of aromatic nitrogens is 2. The van der Waals surface area contributed by atoms with Gasteiger partial charge in [0.1, 0.15) is 0 Å². The van der Waals surface area contributed by atoms with Crippen molar-refractivity contribution in [2.45, 2.75) is 6.54 Å². The topological polar surface area (TPSA) is 82.2 Å².